The first-order valence-electron chi connectivity index (χ1n) is 22.6. The number of carbonyl (C=O) groups excluding carboxylic acids is 4. The molecule has 318 valence electrons. The maximum atomic E-state index is 12.2. The van der Waals surface area contributed by atoms with Crippen molar-refractivity contribution < 1.29 is 43.2 Å². The summed E-state index contributed by atoms with van der Waals surface area (Å²) in [6.07, 6.45) is 27.4. The van der Waals surface area contributed by atoms with Crippen molar-refractivity contribution in [3.05, 3.63) is 0 Å². The van der Waals surface area contributed by atoms with Gasteiger partial charge in [0.25, 0.3) is 0 Å². The lowest BCUT2D eigenvalue weighted by Crippen LogP contribution is -2.24. The third-order valence-corrected chi connectivity index (χ3v) is 10.2. The quantitative estimate of drug-likeness (QED) is 0.0368. The predicted octanol–water partition coefficient (Wildman–Crippen LogP) is 11.5. The largest absolute Gasteiger partial charge is 0.466 e. The first kappa shape index (κ1) is 51.8. The third-order valence-electron chi connectivity index (χ3n) is 10.2. The first-order valence-corrected chi connectivity index (χ1v) is 22.6. The van der Waals surface area contributed by atoms with E-state index in [0.29, 0.717) is 50.9 Å². The average Bonchev–Trinajstić information content (AvgIpc) is 3.16. The van der Waals surface area contributed by atoms with Crippen LogP contribution in [0.3, 0.4) is 0 Å². The summed E-state index contributed by atoms with van der Waals surface area (Å²) in [4.78, 5) is 48.5. The van der Waals surface area contributed by atoms with Crippen LogP contribution in [-0.4, -0.2) is 61.5 Å². The van der Waals surface area contributed by atoms with Crippen molar-refractivity contribution in [2.45, 2.75) is 226 Å². The van der Waals surface area contributed by atoms with Crippen molar-refractivity contribution in [1.82, 2.24) is 0 Å². The molecule has 3 unspecified atom stereocenters. The predicted molar refractivity (Wildman–Crippen MR) is 218 cm³/mol. The molecule has 0 aliphatic carbocycles. The minimum atomic E-state index is -1.35. The van der Waals surface area contributed by atoms with Gasteiger partial charge < -0.3 is 24.1 Å². The molecule has 0 saturated heterocycles. The highest BCUT2D eigenvalue weighted by Crippen LogP contribution is 2.19. The molecule has 0 heterocycles. The van der Waals surface area contributed by atoms with E-state index >= 15 is 0 Å². The number of aliphatic hydroxyl groups excluding tert-OH is 1. The van der Waals surface area contributed by atoms with Gasteiger partial charge in [-0.1, -0.05) is 143 Å². The van der Waals surface area contributed by atoms with Gasteiger partial charge in [-0.3, -0.25) is 14.4 Å². The summed E-state index contributed by atoms with van der Waals surface area (Å²) in [6, 6.07) is 0. The Labute approximate surface area is 331 Å². The third kappa shape index (κ3) is 34.3. The van der Waals surface area contributed by atoms with E-state index in [1.807, 2.05) is 0 Å². The van der Waals surface area contributed by atoms with E-state index in [2.05, 4.69) is 27.7 Å². The Morgan fingerprint density at radius 1 is 0.389 bits per heavy atom. The minimum Gasteiger partial charge on any atom is -0.466 e. The van der Waals surface area contributed by atoms with Crippen LogP contribution in [-0.2, 0) is 38.1 Å². The molecule has 1 N–H and O–H groups in total. The fourth-order valence-electron chi connectivity index (χ4n) is 6.78. The molecule has 0 fully saturated rings. The van der Waals surface area contributed by atoms with Crippen molar-refractivity contribution >= 4 is 23.9 Å². The van der Waals surface area contributed by atoms with Crippen LogP contribution in [0.2, 0.25) is 0 Å². The molecule has 9 nitrogen and oxygen atoms in total. The normalized spacial score (nSPS) is 12.9. The summed E-state index contributed by atoms with van der Waals surface area (Å²) in [7, 11) is 0. The second-order valence-corrected chi connectivity index (χ2v) is 15.6. The second-order valence-electron chi connectivity index (χ2n) is 15.6. The summed E-state index contributed by atoms with van der Waals surface area (Å²) in [5.74, 6) is -0.401. The van der Waals surface area contributed by atoms with Crippen LogP contribution < -0.4 is 0 Å². The van der Waals surface area contributed by atoms with E-state index < -0.39 is 18.0 Å². The summed E-state index contributed by atoms with van der Waals surface area (Å²) in [6.45, 7) is 10.4. The maximum absolute atomic E-state index is 12.2. The van der Waals surface area contributed by atoms with Gasteiger partial charge in [0.1, 0.15) is 0 Å². The van der Waals surface area contributed by atoms with E-state index in [4.69, 9.17) is 18.9 Å². The molecule has 0 amide bonds. The molecule has 0 aliphatic rings. The van der Waals surface area contributed by atoms with Gasteiger partial charge in [-0.2, -0.15) is 0 Å². The Kier molecular flexibility index (Phi) is 37.5. The van der Waals surface area contributed by atoms with E-state index in [1.165, 1.54) is 64.2 Å². The van der Waals surface area contributed by atoms with E-state index in [1.54, 1.807) is 0 Å². The molecule has 0 saturated carbocycles. The lowest BCUT2D eigenvalue weighted by atomic mass is 9.97. The van der Waals surface area contributed by atoms with E-state index in [9.17, 15) is 24.3 Å². The average molecular weight is 769 g/mol. The molecule has 54 heavy (non-hydrogen) atoms. The smallest absolute Gasteiger partial charge is 0.334 e. The topological polar surface area (TPSA) is 125 Å². The zero-order valence-electron chi connectivity index (χ0n) is 35.5. The van der Waals surface area contributed by atoms with Crippen LogP contribution in [0.4, 0.5) is 0 Å². The van der Waals surface area contributed by atoms with Crippen molar-refractivity contribution in [3.63, 3.8) is 0 Å². The van der Waals surface area contributed by atoms with Crippen LogP contribution in [0.15, 0.2) is 0 Å². The van der Waals surface area contributed by atoms with Gasteiger partial charge in [-0.15, -0.1) is 0 Å². The van der Waals surface area contributed by atoms with Gasteiger partial charge in [0, 0.05) is 19.3 Å². The van der Waals surface area contributed by atoms with Crippen LogP contribution in [0.1, 0.15) is 220 Å². The van der Waals surface area contributed by atoms with E-state index in [0.717, 1.165) is 96.3 Å². The van der Waals surface area contributed by atoms with Crippen molar-refractivity contribution in [3.8, 4) is 0 Å². The lowest BCUT2D eigenvalue weighted by molar-refractivity contribution is -0.155. The van der Waals surface area contributed by atoms with E-state index in [-0.39, 0.29) is 31.4 Å². The van der Waals surface area contributed by atoms with Gasteiger partial charge >= 0.3 is 23.9 Å². The summed E-state index contributed by atoms with van der Waals surface area (Å²) in [5.41, 5.74) is 0. The Bertz CT molecular complexity index is 892. The van der Waals surface area contributed by atoms with Crippen LogP contribution in [0.25, 0.3) is 0 Å². The molecular formula is C45H84O9. The molecule has 0 bridgehead atoms. The van der Waals surface area contributed by atoms with Crippen molar-refractivity contribution in [2.75, 3.05) is 26.4 Å². The summed E-state index contributed by atoms with van der Waals surface area (Å²) < 4.78 is 21.6. The first-order chi connectivity index (χ1) is 26.3. The molecule has 0 aromatic carbocycles. The van der Waals surface area contributed by atoms with Gasteiger partial charge in [-0.05, 0) is 69.6 Å². The monoisotopic (exact) mass is 769 g/mol. The highest BCUT2D eigenvalue weighted by Gasteiger charge is 2.19. The number of aliphatic hydroxyl groups is 1. The number of ether oxygens (including phenoxy) is 4. The van der Waals surface area contributed by atoms with Crippen LogP contribution in [0, 0.1) is 11.8 Å². The molecule has 0 aliphatic heterocycles. The van der Waals surface area contributed by atoms with Gasteiger partial charge in [0.2, 0.25) is 0 Å². The Hall–Kier alpha value is -2.16. The number of esters is 4. The summed E-state index contributed by atoms with van der Waals surface area (Å²) in [5, 5.41) is 10.1. The molecule has 9 heteroatoms. The maximum Gasteiger partial charge on any atom is 0.334 e. The Morgan fingerprint density at radius 3 is 1.24 bits per heavy atom. The number of carbonyl (C=O) groups is 4. The molecular weight excluding hydrogens is 684 g/mol. The van der Waals surface area contributed by atoms with Gasteiger partial charge in [0.15, 0.2) is 6.10 Å². The van der Waals surface area contributed by atoms with Gasteiger partial charge in [0.05, 0.1) is 26.4 Å². The fourth-order valence-corrected chi connectivity index (χ4v) is 6.78. The number of rotatable bonds is 40. The van der Waals surface area contributed by atoms with Crippen molar-refractivity contribution in [1.29, 1.82) is 0 Å². The van der Waals surface area contributed by atoms with Crippen LogP contribution in [0.5, 0.6) is 0 Å². The molecule has 0 aromatic rings. The molecule has 0 radical (unpaired) electrons. The van der Waals surface area contributed by atoms with Gasteiger partial charge in [-0.25, -0.2) is 4.79 Å². The molecule has 0 rings (SSSR count). The zero-order chi connectivity index (χ0) is 39.9. The fraction of sp³-hybridized carbons (Fsp3) is 0.911. The molecule has 3 atom stereocenters. The minimum absolute atomic E-state index is 0.0276. The van der Waals surface area contributed by atoms with Crippen LogP contribution >= 0.6 is 0 Å². The standard InChI is InChI=1S/C45H84O9/c1-5-9-11-15-21-29-39(27-7-3)37-53-42(47)31-23-17-13-19-25-35-51-44(49)34-33-41(46)45(50)52-36-26-20-14-18-24-32-43(48)54-38-40(28-8-4)30-22-16-12-10-6-2/h39-41,46H,5-38H2,1-4H3. The number of unbranched alkanes of at least 4 members (excludes halogenated alkanes) is 16. The second kappa shape index (κ2) is 39.1. The highest BCUT2D eigenvalue weighted by atomic mass is 16.6. The van der Waals surface area contributed by atoms with Crippen molar-refractivity contribution in [2.24, 2.45) is 11.8 Å². The molecule has 0 aromatic heterocycles. The Morgan fingerprint density at radius 2 is 0.778 bits per heavy atom. The lowest BCUT2D eigenvalue weighted by Gasteiger charge is -2.16. The number of hydrogen-bond donors (Lipinski definition) is 1. The molecule has 0 spiro atoms. The highest BCUT2D eigenvalue weighted by molar-refractivity contribution is 5.76. The zero-order valence-corrected chi connectivity index (χ0v) is 35.5. The number of hydrogen-bond acceptors (Lipinski definition) is 9. The Balaban J connectivity index is 3.76. The SMILES string of the molecule is CCCCCCCC(CCC)COC(=O)CCCCCCCOC(=O)CCC(O)C(=O)OCCCCCCCC(=O)OCC(CCC)CCCCCCC. The summed E-state index contributed by atoms with van der Waals surface area (Å²) >= 11 is 0.